The monoisotopic (exact) mass is 280 g/mol. The Balaban J connectivity index is 1.87. The van der Waals surface area contributed by atoms with Crippen LogP contribution in [0.15, 0.2) is 42.5 Å². The van der Waals surface area contributed by atoms with Gasteiger partial charge < -0.3 is 11.1 Å². The van der Waals surface area contributed by atoms with Gasteiger partial charge in [0.15, 0.2) is 5.69 Å². The van der Waals surface area contributed by atoms with E-state index < -0.39 is 0 Å². The number of benzene rings is 2. The van der Waals surface area contributed by atoms with Gasteiger partial charge in [0.2, 0.25) is 0 Å². The van der Waals surface area contributed by atoms with E-state index in [1.807, 2.05) is 49.4 Å². The molecule has 1 aromatic heterocycles. The van der Waals surface area contributed by atoms with Crippen LogP contribution in [0.5, 0.6) is 0 Å². The van der Waals surface area contributed by atoms with Gasteiger partial charge in [0.1, 0.15) is 0 Å². The van der Waals surface area contributed by atoms with E-state index in [1.165, 1.54) is 0 Å². The number of carbonyl (C=O) groups excluding carboxylic acids is 1. The smallest absolute Gasteiger partial charge is 0.278 e. The second-order valence-corrected chi connectivity index (χ2v) is 4.83. The van der Waals surface area contributed by atoms with Crippen molar-refractivity contribution in [1.82, 2.24) is 10.2 Å². The second kappa shape index (κ2) is 5.28. The van der Waals surface area contributed by atoms with Gasteiger partial charge in [-0.05, 0) is 29.3 Å². The van der Waals surface area contributed by atoms with Crippen LogP contribution < -0.4 is 11.1 Å². The number of nitrogens with one attached hydrogen (secondary N) is 2. The summed E-state index contributed by atoms with van der Waals surface area (Å²) < 4.78 is 0. The average molecular weight is 280 g/mol. The largest absolute Gasteiger partial charge is 0.395 e. The van der Waals surface area contributed by atoms with Crippen LogP contribution in [-0.2, 0) is 6.42 Å². The van der Waals surface area contributed by atoms with Crippen molar-refractivity contribution in [2.24, 2.45) is 0 Å². The fourth-order valence-electron chi connectivity index (χ4n) is 2.29. The first-order valence-corrected chi connectivity index (χ1v) is 6.82. The molecule has 2 aromatic carbocycles. The molecule has 0 aliphatic heterocycles. The maximum Gasteiger partial charge on any atom is 0.278 e. The van der Waals surface area contributed by atoms with Crippen LogP contribution in [0.25, 0.3) is 10.8 Å². The number of fused-ring (bicyclic) bond motifs is 1. The van der Waals surface area contributed by atoms with Crippen molar-refractivity contribution in [3.8, 4) is 0 Å². The lowest BCUT2D eigenvalue weighted by Gasteiger charge is -2.05. The number of hydrogen-bond donors (Lipinski definition) is 3. The summed E-state index contributed by atoms with van der Waals surface area (Å²) in [6.45, 7) is 1.95. The summed E-state index contributed by atoms with van der Waals surface area (Å²) in [5.74, 6) is -0.307. The van der Waals surface area contributed by atoms with Gasteiger partial charge in [-0.2, -0.15) is 5.10 Å². The quantitative estimate of drug-likeness (QED) is 0.689. The Morgan fingerprint density at radius 3 is 2.71 bits per heavy atom. The fourth-order valence-corrected chi connectivity index (χ4v) is 2.29. The molecule has 0 saturated carbocycles. The van der Waals surface area contributed by atoms with Crippen LogP contribution in [0.3, 0.4) is 0 Å². The van der Waals surface area contributed by atoms with Crippen molar-refractivity contribution >= 4 is 28.1 Å². The van der Waals surface area contributed by atoms with Gasteiger partial charge in [-0.25, -0.2) is 0 Å². The van der Waals surface area contributed by atoms with Crippen LogP contribution in [0.1, 0.15) is 23.1 Å². The molecule has 106 valence electrons. The van der Waals surface area contributed by atoms with Crippen molar-refractivity contribution < 1.29 is 4.79 Å². The third-order valence-corrected chi connectivity index (χ3v) is 3.46. The summed E-state index contributed by atoms with van der Waals surface area (Å²) in [4.78, 5) is 12.2. The molecule has 0 aliphatic rings. The molecule has 0 saturated heterocycles. The van der Waals surface area contributed by atoms with Crippen molar-refractivity contribution in [3.63, 3.8) is 0 Å². The van der Waals surface area contributed by atoms with E-state index in [-0.39, 0.29) is 11.6 Å². The Kier molecular flexibility index (Phi) is 3.31. The van der Waals surface area contributed by atoms with E-state index in [1.54, 1.807) is 0 Å². The van der Waals surface area contributed by atoms with Crippen LogP contribution in [0.2, 0.25) is 0 Å². The lowest BCUT2D eigenvalue weighted by Crippen LogP contribution is -2.14. The van der Waals surface area contributed by atoms with Crippen molar-refractivity contribution in [1.29, 1.82) is 0 Å². The second-order valence-electron chi connectivity index (χ2n) is 4.83. The molecule has 21 heavy (non-hydrogen) atoms. The molecular weight excluding hydrogens is 264 g/mol. The summed E-state index contributed by atoms with van der Waals surface area (Å²) in [6, 6.07) is 13.7. The standard InChI is InChI=1S/C16H16N4O/c1-2-13-14(17)15(20-19-13)16(21)18-12-8-7-10-5-3-4-6-11(10)9-12/h3-9H,2,17H2,1H3,(H,18,21)(H,19,20). The zero-order chi connectivity index (χ0) is 14.8. The molecule has 0 unspecified atom stereocenters. The predicted octanol–water partition coefficient (Wildman–Crippen LogP) is 2.96. The number of hydrogen-bond acceptors (Lipinski definition) is 3. The minimum Gasteiger partial charge on any atom is -0.395 e. The van der Waals surface area contributed by atoms with Gasteiger partial charge in [0, 0.05) is 5.69 Å². The molecule has 0 spiro atoms. The summed E-state index contributed by atoms with van der Waals surface area (Å²) in [6.07, 6.45) is 0.710. The fraction of sp³-hybridized carbons (Fsp3) is 0.125. The highest BCUT2D eigenvalue weighted by atomic mass is 16.2. The SMILES string of the molecule is CCc1[nH]nc(C(=O)Nc2ccc3ccccc3c2)c1N. The summed E-state index contributed by atoms with van der Waals surface area (Å²) in [7, 11) is 0. The number of carbonyl (C=O) groups is 1. The number of rotatable bonds is 3. The molecule has 0 fully saturated rings. The maximum atomic E-state index is 12.2. The number of aromatic nitrogens is 2. The molecule has 0 atom stereocenters. The van der Waals surface area contributed by atoms with Crippen molar-refractivity contribution in [3.05, 3.63) is 53.9 Å². The number of nitrogens with two attached hydrogens (primary N) is 1. The topological polar surface area (TPSA) is 83.8 Å². The molecule has 1 amide bonds. The Labute approximate surface area is 122 Å². The molecule has 3 rings (SSSR count). The van der Waals surface area contributed by atoms with Crippen LogP contribution in [0, 0.1) is 0 Å². The number of amides is 1. The first kappa shape index (κ1) is 13.2. The van der Waals surface area contributed by atoms with E-state index in [4.69, 9.17) is 5.73 Å². The van der Waals surface area contributed by atoms with Crippen molar-refractivity contribution in [2.75, 3.05) is 11.1 Å². The Morgan fingerprint density at radius 2 is 2.00 bits per heavy atom. The Bertz CT molecular complexity index is 807. The summed E-state index contributed by atoms with van der Waals surface area (Å²) >= 11 is 0. The summed E-state index contributed by atoms with van der Waals surface area (Å²) in [5, 5.41) is 11.8. The first-order valence-electron chi connectivity index (χ1n) is 6.82. The van der Waals surface area contributed by atoms with Crippen LogP contribution in [-0.4, -0.2) is 16.1 Å². The highest BCUT2D eigenvalue weighted by Gasteiger charge is 2.16. The molecule has 0 aliphatic carbocycles. The molecular formula is C16H16N4O. The van der Waals surface area contributed by atoms with Gasteiger partial charge >= 0.3 is 0 Å². The van der Waals surface area contributed by atoms with E-state index in [9.17, 15) is 4.79 Å². The summed E-state index contributed by atoms with van der Waals surface area (Å²) in [5.41, 5.74) is 8.05. The first-order chi connectivity index (χ1) is 10.2. The van der Waals surface area contributed by atoms with Gasteiger partial charge in [-0.3, -0.25) is 9.89 Å². The lowest BCUT2D eigenvalue weighted by molar-refractivity contribution is 0.102. The average Bonchev–Trinajstić information content (AvgIpc) is 2.88. The Hall–Kier alpha value is -2.82. The lowest BCUT2D eigenvalue weighted by atomic mass is 10.1. The molecule has 0 bridgehead atoms. The molecule has 0 radical (unpaired) electrons. The van der Waals surface area contributed by atoms with Gasteiger partial charge in [-0.15, -0.1) is 0 Å². The number of aromatic amines is 1. The third kappa shape index (κ3) is 2.45. The number of anilines is 2. The Morgan fingerprint density at radius 1 is 1.24 bits per heavy atom. The number of nitrogens with zero attached hydrogens (tertiary/aromatic N) is 1. The van der Waals surface area contributed by atoms with Gasteiger partial charge in [0.05, 0.1) is 11.4 Å². The normalized spacial score (nSPS) is 10.7. The minimum atomic E-state index is -0.307. The van der Waals surface area contributed by atoms with E-state index in [0.717, 1.165) is 22.2 Å². The van der Waals surface area contributed by atoms with Crippen molar-refractivity contribution in [2.45, 2.75) is 13.3 Å². The molecule has 4 N–H and O–H groups in total. The highest BCUT2D eigenvalue weighted by molar-refractivity contribution is 6.07. The van der Waals surface area contributed by atoms with E-state index in [2.05, 4.69) is 15.5 Å². The zero-order valence-electron chi connectivity index (χ0n) is 11.7. The highest BCUT2D eigenvalue weighted by Crippen LogP contribution is 2.20. The zero-order valence-corrected chi connectivity index (χ0v) is 11.7. The molecule has 5 heteroatoms. The molecule has 5 nitrogen and oxygen atoms in total. The van der Waals surface area contributed by atoms with Gasteiger partial charge in [-0.1, -0.05) is 37.3 Å². The molecule has 1 heterocycles. The predicted molar refractivity (Wildman–Crippen MR) is 84.3 cm³/mol. The number of aryl methyl sites for hydroxylation is 1. The molecule has 3 aromatic rings. The van der Waals surface area contributed by atoms with E-state index in [0.29, 0.717) is 12.1 Å². The minimum absolute atomic E-state index is 0.236. The maximum absolute atomic E-state index is 12.2. The van der Waals surface area contributed by atoms with E-state index >= 15 is 0 Å². The third-order valence-electron chi connectivity index (χ3n) is 3.46. The van der Waals surface area contributed by atoms with Crippen LogP contribution in [0.4, 0.5) is 11.4 Å². The van der Waals surface area contributed by atoms with Gasteiger partial charge in [0.25, 0.3) is 5.91 Å². The number of nitrogen functional groups attached to an aromatic ring is 1. The number of H-pyrrole nitrogens is 1. The van der Waals surface area contributed by atoms with Crippen LogP contribution >= 0.6 is 0 Å².